The quantitative estimate of drug-likeness (QED) is 0.642. The van der Waals surface area contributed by atoms with Gasteiger partial charge >= 0.3 is 0 Å². The molecule has 6 nitrogen and oxygen atoms in total. The van der Waals surface area contributed by atoms with E-state index in [-0.39, 0.29) is 23.4 Å². The monoisotopic (exact) mass is 435 g/mol. The Morgan fingerprint density at radius 3 is 2.35 bits per heavy atom. The van der Waals surface area contributed by atoms with Crippen molar-refractivity contribution >= 4 is 15.9 Å². The number of hydrogen-bond acceptors (Lipinski definition) is 4. The van der Waals surface area contributed by atoms with Gasteiger partial charge in [-0.1, -0.05) is 60.7 Å². The highest BCUT2D eigenvalue weighted by molar-refractivity contribution is 7.89. The minimum atomic E-state index is -3.80. The maximum absolute atomic E-state index is 13.5. The zero-order chi connectivity index (χ0) is 21.7. The first-order valence-electron chi connectivity index (χ1n) is 10.3. The van der Waals surface area contributed by atoms with Crippen LogP contribution >= 0.6 is 0 Å². The Balaban J connectivity index is 1.57. The van der Waals surface area contributed by atoms with Crippen molar-refractivity contribution in [2.75, 3.05) is 6.54 Å². The second-order valence-corrected chi connectivity index (χ2v) is 9.56. The van der Waals surface area contributed by atoms with Gasteiger partial charge in [0.05, 0.1) is 12.0 Å². The van der Waals surface area contributed by atoms with Gasteiger partial charge in [-0.2, -0.15) is 4.31 Å². The van der Waals surface area contributed by atoms with Gasteiger partial charge < -0.3 is 5.32 Å². The standard InChI is InChI=1S/C24H25N3O3S/c28-24(26-16-19-8-3-1-4-9-19)21-13-14-23(20-10-5-2-6-11-20)27(18-21)31(29,30)22-12-7-15-25-17-22/h1-12,15,17,21,23H,13-14,16,18H2,(H,26,28)/t21-,23-/m1/s1. The molecule has 160 valence electrons. The van der Waals surface area contributed by atoms with Crippen molar-refractivity contribution in [2.45, 2.75) is 30.3 Å². The molecular formula is C24H25N3O3S. The minimum absolute atomic E-state index is 0.123. The number of nitrogens with zero attached hydrogens (tertiary/aromatic N) is 2. The van der Waals surface area contributed by atoms with Crippen molar-refractivity contribution in [1.82, 2.24) is 14.6 Å². The number of carbonyl (C=O) groups is 1. The summed E-state index contributed by atoms with van der Waals surface area (Å²) in [4.78, 5) is 17.0. The summed E-state index contributed by atoms with van der Waals surface area (Å²) in [5.74, 6) is -0.531. The molecule has 0 saturated carbocycles. The molecule has 0 spiro atoms. The second-order valence-electron chi connectivity index (χ2n) is 7.67. The number of nitrogens with one attached hydrogen (secondary N) is 1. The van der Waals surface area contributed by atoms with Gasteiger partial charge in [-0.25, -0.2) is 8.42 Å². The first kappa shape index (κ1) is 21.2. The Bertz CT molecular complexity index is 1110. The van der Waals surface area contributed by atoms with Gasteiger partial charge in [-0.3, -0.25) is 9.78 Å². The van der Waals surface area contributed by atoms with Crippen LogP contribution in [0.1, 0.15) is 30.0 Å². The van der Waals surface area contributed by atoms with Crippen LogP contribution in [0.2, 0.25) is 0 Å². The molecule has 0 bridgehead atoms. The first-order chi connectivity index (χ1) is 15.1. The zero-order valence-corrected chi connectivity index (χ0v) is 17.9. The highest BCUT2D eigenvalue weighted by Crippen LogP contribution is 2.37. The number of aromatic nitrogens is 1. The first-order valence-corrected chi connectivity index (χ1v) is 11.8. The maximum atomic E-state index is 13.5. The summed E-state index contributed by atoms with van der Waals surface area (Å²) in [5, 5.41) is 2.96. The highest BCUT2D eigenvalue weighted by Gasteiger charge is 2.40. The molecule has 0 radical (unpaired) electrons. The predicted molar refractivity (Wildman–Crippen MR) is 118 cm³/mol. The lowest BCUT2D eigenvalue weighted by Gasteiger charge is -2.38. The van der Waals surface area contributed by atoms with Crippen LogP contribution in [-0.4, -0.2) is 30.2 Å². The van der Waals surface area contributed by atoms with Crippen molar-refractivity contribution < 1.29 is 13.2 Å². The van der Waals surface area contributed by atoms with E-state index in [2.05, 4.69) is 10.3 Å². The molecule has 2 atom stereocenters. The maximum Gasteiger partial charge on any atom is 0.245 e. The Kier molecular flexibility index (Phi) is 6.44. The van der Waals surface area contributed by atoms with Crippen LogP contribution in [0, 0.1) is 5.92 Å². The molecule has 1 aliphatic rings. The van der Waals surface area contributed by atoms with Crippen molar-refractivity contribution in [1.29, 1.82) is 0 Å². The third-order valence-corrected chi connectivity index (χ3v) is 7.50. The van der Waals surface area contributed by atoms with Gasteiger partial charge in [-0.15, -0.1) is 0 Å². The van der Waals surface area contributed by atoms with Gasteiger partial charge in [-0.05, 0) is 36.1 Å². The fourth-order valence-electron chi connectivity index (χ4n) is 3.99. The number of benzene rings is 2. The number of amides is 1. The van der Waals surface area contributed by atoms with E-state index < -0.39 is 15.9 Å². The Morgan fingerprint density at radius 2 is 1.68 bits per heavy atom. The SMILES string of the molecule is O=C(NCc1ccccc1)[C@@H]1CC[C@H](c2ccccc2)N(S(=O)(=O)c2cccnc2)C1. The van der Waals surface area contributed by atoms with Crippen LogP contribution in [0.5, 0.6) is 0 Å². The number of piperidine rings is 1. The van der Waals surface area contributed by atoms with Crippen molar-refractivity contribution in [3.8, 4) is 0 Å². The lowest BCUT2D eigenvalue weighted by atomic mass is 9.90. The number of hydrogen-bond donors (Lipinski definition) is 1. The average Bonchev–Trinajstić information content (AvgIpc) is 2.84. The molecule has 1 fully saturated rings. The van der Waals surface area contributed by atoms with Crippen molar-refractivity contribution in [3.05, 3.63) is 96.3 Å². The van der Waals surface area contributed by atoms with Gasteiger partial charge in [0, 0.05) is 25.5 Å². The fourth-order valence-corrected chi connectivity index (χ4v) is 5.64. The Morgan fingerprint density at radius 1 is 0.968 bits per heavy atom. The van der Waals surface area contributed by atoms with E-state index in [0.29, 0.717) is 19.4 Å². The molecule has 4 rings (SSSR count). The molecule has 31 heavy (non-hydrogen) atoms. The lowest BCUT2D eigenvalue weighted by Crippen LogP contribution is -2.46. The molecule has 1 aliphatic heterocycles. The predicted octanol–water partition coefficient (Wildman–Crippen LogP) is 3.54. The normalized spacial score (nSPS) is 19.6. The Hall–Kier alpha value is -3.03. The molecule has 1 N–H and O–H groups in total. The number of sulfonamides is 1. The lowest BCUT2D eigenvalue weighted by molar-refractivity contribution is -0.126. The van der Waals surface area contributed by atoms with E-state index in [0.717, 1.165) is 11.1 Å². The molecule has 1 amide bonds. The number of rotatable bonds is 6. The second kappa shape index (κ2) is 9.41. The molecule has 3 aromatic rings. The van der Waals surface area contributed by atoms with Crippen LogP contribution in [0.4, 0.5) is 0 Å². The molecule has 0 aliphatic carbocycles. The summed E-state index contributed by atoms with van der Waals surface area (Å²) < 4.78 is 28.4. The van der Waals surface area contributed by atoms with Crippen LogP contribution < -0.4 is 5.32 Å². The van der Waals surface area contributed by atoms with Gasteiger partial charge in [0.25, 0.3) is 0 Å². The van der Waals surface area contributed by atoms with Crippen molar-refractivity contribution in [2.24, 2.45) is 5.92 Å². The molecule has 7 heteroatoms. The molecule has 1 saturated heterocycles. The molecule has 1 aromatic heterocycles. The topological polar surface area (TPSA) is 79.4 Å². The number of carbonyl (C=O) groups excluding carboxylic acids is 1. The summed E-state index contributed by atoms with van der Waals surface area (Å²) in [7, 11) is -3.80. The number of pyridine rings is 1. The van der Waals surface area contributed by atoms with Gasteiger partial charge in [0.2, 0.25) is 15.9 Å². The molecule has 2 aromatic carbocycles. The average molecular weight is 436 g/mol. The molecule has 2 heterocycles. The summed E-state index contributed by atoms with van der Waals surface area (Å²) in [5.41, 5.74) is 1.94. The largest absolute Gasteiger partial charge is 0.352 e. The van der Waals surface area contributed by atoms with Gasteiger partial charge in [0.15, 0.2) is 0 Å². The fraction of sp³-hybridized carbons (Fsp3) is 0.250. The third-order valence-electron chi connectivity index (χ3n) is 5.64. The van der Waals surface area contributed by atoms with E-state index >= 15 is 0 Å². The summed E-state index contributed by atoms with van der Waals surface area (Å²) in [6.45, 7) is 0.561. The smallest absolute Gasteiger partial charge is 0.245 e. The van der Waals surface area contributed by atoms with Gasteiger partial charge in [0.1, 0.15) is 4.90 Å². The Labute approximate surface area is 183 Å². The zero-order valence-electron chi connectivity index (χ0n) is 17.1. The van der Waals surface area contributed by atoms with E-state index in [1.807, 2.05) is 60.7 Å². The molecular weight excluding hydrogens is 410 g/mol. The molecule has 0 unspecified atom stereocenters. The van der Waals surface area contributed by atoms with Crippen LogP contribution in [0.3, 0.4) is 0 Å². The van der Waals surface area contributed by atoms with E-state index in [9.17, 15) is 13.2 Å². The van der Waals surface area contributed by atoms with Crippen LogP contribution in [-0.2, 0) is 21.4 Å². The third kappa shape index (κ3) is 4.84. The summed E-state index contributed by atoms with van der Waals surface area (Å²) in [6, 6.07) is 22.1. The van der Waals surface area contributed by atoms with Crippen molar-refractivity contribution in [3.63, 3.8) is 0 Å². The van der Waals surface area contributed by atoms with E-state index in [4.69, 9.17) is 0 Å². The van der Waals surface area contributed by atoms with E-state index in [1.165, 1.54) is 10.5 Å². The van der Waals surface area contributed by atoms with E-state index in [1.54, 1.807) is 18.3 Å². The van der Waals surface area contributed by atoms with Crippen LogP contribution in [0.15, 0.2) is 90.1 Å². The summed E-state index contributed by atoms with van der Waals surface area (Å²) in [6.07, 6.45) is 4.10. The summed E-state index contributed by atoms with van der Waals surface area (Å²) >= 11 is 0. The highest BCUT2D eigenvalue weighted by atomic mass is 32.2. The minimum Gasteiger partial charge on any atom is -0.352 e. The van der Waals surface area contributed by atoms with Crippen LogP contribution in [0.25, 0.3) is 0 Å².